The molecule has 0 bridgehead atoms. The van der Waals surface area contributed by atoms with E-state index in [0.29, 0.717) is 0 Å². The Labute approximate surface area is 101 Å². The number of hydrogen-bond acceptors (Lipinski definition) is 1. The maximum absolute atomic E-state index is 3.86. The Morgan fingerprint density at radius 2 is 1.12 bits per heavy atom. The second-order valence-electron chi connectivity index (χ2n) is 5.95. The minimum atomic E-state index is 0.853. The van der Waals surface area contributed by atoms with Gasteiger partial charge in [-0.2, -0.15) is 0 Å². The highest BCUT2D eigenvalue weighted by atomic mass is 14.9. The average molecular weight is 223 g/mol. The van der Waals surface area contributed by atoms with Crippen LogP contribution in [0.25, 0.3) is 0 Å². The maximum atomic E-state index is 3.86. The highest BCUT2D eigenvalue weighted by Crippen LogP contribution is 2.23. The molecule has 0 atom stereocenters. The second-order valence-corrected chi connectivity index (χ2v) is 5.95. The van der Waals surface area contributed by atoms with Gasteiger partial charge in [-0.15, -0.1) is 0 Å². The minimum absolute atomic E-state index is 0.853. The molecule has 2 aliphatic carbocycles. The van der Waals surface area contributed by atoms with Crippen molar-refractivity contribution in [1.82, 2.24) is 5.32 Å². The predicted molar refractivity (Wildman–Crippen MR) is 70.7 cm³/mol. The molecule has 1 heteroatoms. The highest BCUT2D eigenvalue weighted by Gasteiger charge is 2.15. The van der Waals surface area contributed by atoms with Crippen molar-refractivity contribution in [3.05, 3.63) is 0 Å². The van der Waals surface area contributed by atoms with Crippen LogP contribution >= 0.6 is 0 Å². The molecule has 1 nitrogen and oxygen atoms in total. The van der Waals surface area contributed by atoms with Crippen molar-refractivity contribution in [2.24, 2.45) is 5.92 Å². The average Bonchev–Trinajstić information content (AvgIpc) is 2.71. The van der Waals surface area contributed by atoms with Crippen molar-refractivity contribution in [1.29, 1.82) is 0 Å². The standard InChI is InChI=1S/C15H29N/c1-2-6-10-14(9-5-1)13-16-15-11-7-3-4-8-12-15/h14-16H,1-13H2. The lowest BCUT2D eigenvalue weighted by molar-refractivity contribution is 0.372. The van der Waals surface area contributed by atoms with Crippen molar-refractivity contribution < 1.29 is 0 Å². The van der Waals surface area contributed by atoms with Gasteiger partial charge in [0.15, 0.2) is 0 Å². The number of nitrogens with one attached hydrogen (secondary N) is 1. The fraction of sp³-hybridized carbons (Fsp3) is 1.00. The van der Waals surface area contributed by atoms with E-state index < -0.39 is 0 Å². The Morgan fingerprint density at radius 1 is 0.625 bits per heavy atom. The second kappa shape index (κ2) is 7.32. The van der Waals surface area contributed by atoms with Crippen molar-refractivity contribution in [3.63, 3.8) is 0 Å². The quantitative estimate of drug-likeness (QED) is 0.705. The Hall–Kier alpha value is -0.0400. The SMILES string of the molecule is C1CCCC(CNC2CCCCCC2)CC1. The lowest BCUT2D eigenvalue weighted by Gasteiger charge is -2.21. The van der Waals surface area contributed by atoms with E-state index in [1.165, 1.54) is 83.6 Å². The van der Waals surface area contributed by atoms with Gasteiger partial charge in [0.1, 0.15) is 0 Å². The summed E-state index contributed by atoms with van der Waals surface area (Å²) < 4.78 is 0. The fourth-order valence-electron chi connectivity index (χ4n) is 3.38. The van der Waals surface area contributed by atoms with Crippen LogP contribution in [0.2, 0.25) is 0 Å². The predicted octanol–water partition coefficient (Wildman–Crippen LogP) is 4.27. The van der Waals surface area contributed by atoms with E-state index >= 15 is 0 Å². The Morgan fingerprint density at radius 3 is 1.69 bits per heavy atom. The van der Waals surface area contributed by atoms with Gasteiger partial charge in [0.05, 0.1) is 0 Å². The van der Waals surface area contributed by atoms with E-state index in [4.69, 9.17) is 0 Å². The third-order valence-corrected chi connectivity index (χ3v) is 4.53. The van der Waals surface area contributed by atoms with Gasteiger partial charge in [-0.1, -0.05) is 51.4 Å². The van der Waals surface area contributed by atoms with Crippen LogP contribution in [0.1, 0.15) is 77.0 Å². The van der Waals surface area contributed by atoms with E-state index in [1.54, 1.807) is 0 Å². The molecular weight excluding hydrogens is 194 g/mol. The summed E-state index contributed by atoms with van der Waals surface area (Å²) in [6.07, 6.45) is 17.7. The molecule has 94 valence electrons. The van der Waals surface area contributed by atoms with E-state index in [-0.39, 0.29) is 0 Å². The van der Waals surface area contributed by atoms with Crippen LogP contribution in [-0.4, -0.2) is 12.6 Å². The Balaban J connectivity index is 1.64. The molecule has 2 fully saturated rings. The molecular formula is C15H29N. The molecule has 0 heterocycles. The van der Waals surface area contributed by atoms with E-state index in [9.17, 15) is 0 Å². The van der Waals surface area contributed by atoms with E-state index in [0.717, 1.165) is 12.0 Å². The molecule has 0 aliphatic heterocycles. The first-order valence-electron chi connectivity index (χ1n) is 7.68. The van der Waals surface area contributed by atoms with Crippen LogP contribution in [0, 0.1) is 5.92 Å². The summed E-state index contributed by atoms with van der Waals surface area (Å²) in [5.74, 6) is 0.991. The molecule has 0 amide bonds. The smallest absolute Gasteiger partial charge is 0.00671 e. The van der Waals surface area contributed by atoms with Crippen LogP contribution in [0.3, 0.4) is 0 Å². The summed E-state index contributed by atoms with van der Waals surface area (Å²) in [6.45, 7) is 1.31. The minimum Gasteiger partial charge on any atom is -0.314 e. The fourth-order valence-corrected chi connectivity index (χ4v) is 3.38. The van der Waals surface area contributed by atoms with Crippen molar-refractivity contribution in [2.75, 3.05) is 6.54 Å². The molecule has 1 N–H and O–H groups in total. The third-order valence-electron chi connectivity index (χ3n) is 4.53. The highest BCUT2D eigenvalue weighted by molar-refractivity contribution is 4.74. The molecule has 2 saturated carbocycles. The first-order chi connectivity index (χ1) is 7.95. The first kappa shape index (κ1) is 12.4. The van der Waals surface area contributed by atoms with Crippen LogP contribution in [-0.2, 0) is 0 Å². The molecule has 2 rings (SSSR count). The molecule has 0 spiro atoms. The summed E-state index contributed by atoms with van der Waals surface area (Å²) in [5.41, 5.74) is 0. The summed E-state index contributed by atoms with van der Waals surface area (Å²) in [7, 11) is 0. The lowest BCUT2D eigenvalue weighted by Crippen LogP contribution is -2.32. The van der Waals surface area contributed by atoms with Gasteiger partial charge in [0, 0.05) is 6.04 Å². The zero-order chi connectivity index (χ0) is 11.1. The van der Waals surface area contributed by atoms with E-state index in [1.807, 2.05) is 0 Å². The molecule has 0 saturated heterocycles. The molecule has 0 unspecified atom stereocenters. The van der Waals surface area contributed by atoms with Gasteiger partial charge in [-0.25, -0.2) is 0 Å². The monoisotopic (exact) mass is 223 g/mol. The zero-order valence-electron chi connectivity index (χ0n) is 10.8. The first-order valence-corrected chi connectivity index (χ1v) is 7.68. The van der Waals surface area contributed by atoms with Crippen LogP contribution in [0.5, 0.6) is 0 Å². The maximum Gasteiger partial charge on any atom is 0.00671 e. The molecule has 0 aromatic carbocycles. The summed E-state index contributed by atoms with van der Waals surface area (Å²) in [4.78, 5) is 0. The molecule has 16 heavy (non-hydrogen) atoms. The van der Waals surface area contributed by atoms with Crippen molar-refractivity contribution in [2.45, 2.75) is 83.1 Å². The topological polar surface area (TPSA) is 12.0 Å². The van der Waals surface area contributed by atoms with Crippen molar-refractivity contribution in [3.8, 4) is 0 Å². The van der Waals surface area contributed by atoms with Gasteiger partial charge in [-0.3, -0.25) is 0 Å². The van der Waals surface area contributed by atoms with Gasteiger partial charge in [0.2, 0.25) is 0 Å². The third kappa shape index (κ3) is 4.45. The molecule has 0 aromatic rings. The molecule has 2 aliphatic rings. The summed E-state index contributed by atoms with van der Waals surface area (Å²) in [6, 6.07) is 0.853. The number of hydrogen-bond donors (Lipinski definition) is 1. The van der Waals surface area contributed by atoms with E-state index in [2.05, 4.69) is 5.32 Å². The van der Waals surface area contributed by atoms with Crippen LogP contribution < -0.4 is 5.32 Å². The van der Waals surface area contributed by atoms with Gasteiger partial charge < -0.3 is 5.32 Å². The zero-order valence-corrected chi connectivity index (χ0v) is 10.8. The van der Waals surface area contributed by atoms with Crippen LogP contribution in [0.4, 0.5) is 0 Å². The molecule has 0 aromatic heterocycles. The Kier molecular flexibility index (Phi) is 5.68. The largest absolute Gasteiger partial charge is 0.314 e. The van der Waals surface area contributed by atoms with Gasteiger partial charge >= 0.3 is 0 Å². The van der Waals surface area contributed by atoms with Gasteiger partial charge in [-0.05, 0) is 38.1 Å². The van der Waals surface area contributed by atoms with Gasteiger partial charge in [0.25, 0.3) is 0 Å². The Bertz CT molecular complexity index is 142. The summed E-state index contributed by atoms with van der Waals surface area (Å²) >= 11 is 0. The van der Waals surface area contributed by atoms with Crippen LogP contribution in [0.15, 0.2) is 0 Å². The molecule has 0 radical (unpaired) electrons. The normalized spacial score (nSPS) is 26.2. The number of rotatable bonds is 3. The summed E-state index contributed by atoms with van der Waals surface area (Å²) in [5, 5.41) is 3.86. The van der Waals surface area contributed by atoms with Crippen molar-refractivity contribution >= 4 is 0 Å². The lowest BCUT2D eigenvalue weighted by atomic mass is 9.99.